The Labute approximate surface area is 162 Å². The van der Waals surface area contributed by atoms with Gasteiger partial charge in [0.05, 0.1) is 19.4 Å². The summed E-state index contributed by atoms with van der Waals surface area (Å²) in [5.41, 5.74) is 7.81. The Morgan fingerprint density at radius 2 is 2.00 bits per heavy atom. The maximum absolute atomic E-state index is 5.91. The molecule has 2 aromatic heterocycles. The molecule has 28 heavy (non-hydrogen) atoms. The lowest BCUT2D eigenvalue weighted by molar-refractivity contribution is 0.181. The Kier molecular flexibility index (Phi) is 4.90. The molecular weight excluding hydrogens is 356 g/mol. The third-order valence-electron chi connectivity index (χ3n) is 4.49. The molecule has 1 N–H and O–H groups in total. The van der Waals surface area contributed by atoms with Crippen molar-refractivity contribution in [3.8, 4) is 5.75 Å². The summed E-state index contributed by atoms with van der Waals surface area (Å²) >= 11 is 0. The van der Waals surface area contributed by atoms with E-state index in [1.807, 2.05) is 49.4 Å². The van der Waals surface area contributed by atoms with Crippen molar-refractivity contribution in [1.82, 2.24) is 9.97 Å². The fraction of sp³-hybridized carbons (Fsp3) is 0.190. The molecule has 0 radical (unpaired) electrons. The van der Waals surface area contributed by atoms with Gasteiger partial charge in [0.25, 0.3) is 0 Å². The first kappa shape index (κ1) is 17.9. The van der Waals surface area contributed by atoms with E-state index in [1.165, 1.54) is 6.33 Å². The molecule has 0 aliphatic heterocycles. The van der Waals surface area contributed by atoms with E-state index in [1.54, 1.807) is 14.2 Å². The molecule has 0 saturated heterocycles. The summed E-state index contributed by atoms with van der Waals surface area (Å²) in [6, 6.07) is 13.6. The number of hydrazone groups is 1. The number of hydrogen-bond acceptors (Lipinski definition) is 7. The number of nitrogens with zero attached hydrogens (tertiary/aromatic N) is 3. The summed E-state index contributed by atoms with van der Waals surface area (Å²) in [5.74, 6) is 1.30. The van der Waals surface area contributed by atoms with Crippen LogP contribution in [-0.4, -0.2) is 29.9 Å². The molecule has 0 aliphatic rings. The van der Waals surface area contributed by atoms with Crippen molar-refractivity contribution in [1.29, 1.82) is 0 Å². The zero-order valence-corrected chi connectivity index (χ0v) is 15.9. The molecule has 142 valence electrons. The largest absolute Gasteiger partial charge is 0.496 e. The number of nitrogens with one attached hydrogen (secondary N) is 1. The van der Waals surface area contributed by atoms with Crippen molar-refractivity contribution in [2.75, 3.05) is 19.6 Å². The molecule has 2 heterocycles. The quantitative estimate of drug-likeness (QED) is 0.398. The van der Waals surface area contributed by atoms with Crippen LogP contribution in [0.5, 0.6) is 5.75 Å². The summed E-state index contributed by atoms with van der Waals surface area (Å²) in [5, 5.41) is 5.42. The first-order valence-electron chi connectivity index (χ1n) is 8.80. The number of hydrogen-bond donors (Lipinski definition) is 1. The summed E-state index contributed by atoms with van der Waals surface area (Å²) < 4.78 is 16.5. The van der Waals surface area contributed by atoms with Gasteiger partial charge in [-0.2, -0.15) is 5.10 Å². The second-order valence-corrected chi connectivity index (χ2v) is 6.27. The highest BCUT2D eigenvalue weighted by Crippen LogP contribution is 2.30. The number of aromatic nitrogens is 2. The highest BCUT2D eigenvalue weighted by molar-refractivity contribution is 6.05. The van der Waals surface area contributed by atoms with Gasteiger partial charge in [0, 0.05) is 18.1 Å². The number of para-hydroxylation sites is 1. The molecule has 2 aromatic carbocycles. The van der Waals surface area contributed by atoms with Crippen molar-refractivity contribution < 1.29 is 13.9 Å². The molecule has 4 aromatic rings. The molecule has 0 bridgehead atoms. The van der Waals surface area contributed by atoms with E-state index < -0.39 is 0 Å². The SMILES string of the molecule is COCc1cc(/C(C)=N\Nc2ncnc3c2oc2ccccc23)ccc1OC. The zero-order chi connectivity index (χ0) is 19.5. The van der Waals surface area contributed by atoms with Gasteiger partial charge in [0.1, 0.15) is 23.2 Å². The number of benzene rings is 2. The normalized spacial score (nSPS) is 11.9. The van der Waals surface area contributed by atoms with Crippen LogP contribution in [0.15, 0.2) is 58.3 Å². The maximum atomic E-state index is 5.91. The van der Waals surface area contributed by atoms with Gasteiger partial charge in [-0.05, 0) is 42.8 Å². The number of furan rings is 1. The molecule has 7 heteroatoms. The van der Waals surface area contributed by atoms with Gasteiger partial charge in [-0.3, -0.25) is 5.43 Å². The van der Waals surface area contributed by atoms with Crippen LogP contribution in [0.2, 0.25) is 0 Å². The fourth-order valence-electron chi connectivity index (χ4n) is 3.08. The van der Waals surface area contributed by atoms with Crippen LogP contribution in [0, 0.1) is 0 Å². The number of anilines is 1. The smallest absolute Gasteiger partial charge is 0.197 e. The van der Waals surface area contributed by atoms with Gasteiger partial charge < -0.3 is 13.9 Å². The molecule has 0 atom stereocenters. The Morgan fingerprint density at radius 3 is 2.82 bits per heavy atom. The standard InChI is InChI=1S/C21H20N4O3/c1-13(14-8-9-17(27-3)15(10-14)11-26-2)24-25-21-20-19(22-12-23-21)16-6-4-5-7-18(16)28-20/h4-10,12H,11H2,1-3H3,(H,22,23,25)/b24-13-. The van der Waals surface area contributed by atoms with Crippen LogP contribution >= 0.6 is 0 Å². The van der Waals surface area contributed by atoms with Crippen LogP contribution in [-0.2, 0) is 11.3 Å². The van der Waals surface area contributed by atoms with E-state index in [0.29, 0.717) is 18.0 Å². The van der Waals surface area contributed by atoms with Crippen LogP contribution in [0.4, 0.5) is 5.82 Å². The average molecular weight is 376 g/mol. The lowest BCUT2D eigenvalue weighted by Crippen LogP contribution is -2.03. The monoisotopic (exact) mass is 376 g/mol. The molecule has 0 aliphatic carbocycles. The van der Waals surface area contributed by atoms with Crippen molar-refractivity contribution in [2.24, 2.45) is 5.10 Å². The van der Waals surface area contributed by atoms with Gasteiger partial charge >= 0.3 is 0 Å². The Bertz CT molecular complexity index is 1170. The van der Waals surface area contributed by atoms with E-state index in [4.69, 9.17) is 13.9 Å². The first-order chi connectivity index (χ1) is 13.7. The summed E-state index contributed by atoms with van der Waals surface area (Å²) in [4.78, 5) is 8.62. The Morgan fingerprint density at radius 1 is 1.14 bits per heavy atom. The van der Waals surface area contributed by atoms with E-state index >= 15 is 0 Å². The minimum Gasteiger partial charge on any atom is -0.496 e. The van der Waals surface area contributed by atoms with E-state index in [9.17, 15) is 0 Å². The molecule has 4 rings (SSSR count). The van der Waals surface area contributed by atoms with Crippen LogP contribution < -0.4 is 10.2 Å². The molecule has 7 nitrogen and oxygen atoms in total. The van der Waals surface area contributed by atoms with Gasteiger partial charge in [0.2, 0.25) is 0 Å². The third-order valence-corrected chi connectivity index (χ3v) is 4.49. The molecule has 0 unspecified atom stereocenters. The van der Waals surface area contributed by atoms with Gasteiger partial charge in [0.15, 0.2) is 11.4 Å². The number of rotatable bonds is 6. The minimum atomic E-state index is 0.462. The first-order valence-corrected chi connectivity index (χ1v) is 8.80. The van der Waals surface area contributed by atoms with Crippen LogP contribution in [0.1, 0.15) is 18.1 Å². The molecular formula is C21H20N4O3. The number of methoxy groups -OCH3 is 2. The van der Waals surface area contributed by atoms with E-state index in [2.05, 4.69) is 20.5 Å². The third kappa shape index (κ3) is 3.27. The number of ether oxygens (including phenoxy) is 2. The highest BCUT2D eigenvalue weighted by atomic mass is 16.5. The predicted octanol–water partition coefficient (Wildman–Crippen LogP) is 4.37. The average Bonchev–Trinajstić information content (AvgIpc) is 3.11. The molecule has 0 fully saturated rings. The lowest BCUT2D eigenvalue weighted by atomic mass is 10.1. The highest BCUT2D eigenvalue weighted by Gasteiger charge is 2.13. The topological polar surface area (TPSA) is 81.8 Å². The summed E-state index contributed by atoms with van der Waals surface area (Å²) in [6.45, 7) is 2.38. The zero-order valence-electron chi connectivity index (χ0n) is 15.9. The van der Waals surface area contributed by atoms with Gasteiger partial charge in [-0.25, -0.2) is 9.97 Å². The Hall–Kier alpha value is -3.45. The fourth-order valence-corrected chi connectivity index (χ4v) is 3.08. The molecule has 0 amide bonds. The Balaban J connectivity index is 1.66. The van der Waals surface area contributed by atoms with Gasteiger partial charge in [-0.1, -0.05) is 12.1 Å². The lowest BCUT2D eigenvalue weighted by Gasteiger charge is -2.10. The second-order valence-electron chi connectivity index (χ2n) is 6.27. The van der Waals surface area contributed by atoms with Gasteiger partial charge in [-0.15, -0.1) is 0 Å². The summed E-state index contributed by atoms with van der Waals surface area (Å²) in [7, 11) is 3.30. The second kappa shape index (κ2) is 7.66. The molecule has 0 spiro atoms. The maximum Gasteiger partial charge on any atom is 0.197 e. The van der Waals surface area contributed by atoms with Crippen molar-refractivity contribution in [2.45, 2.75) is 13.5 Å². The van der Waals surface area contributed by atoms with Crippen molar-refractivity contribution in [3.05, 3.63) is 59.9 Å². The minimum absolute atomic E-state index is 0.462. The predicted molar refractivity (Wildman–Crippen MR) is 109 cm³/mol. The van der Waals surface area contributed by atoms with Crippen molar-refractivity contribution >= 4 is 33.6 Å². The summed E-state index contributed by atoms with van der Waals surface area (Å²) in [6.07, 6.45) is 1.50. The van der Waals surface area contributed by atoms with Crippen molar-refractivity contribution in [3.63, 3.8) is 0 Å². The number of fused-ring (bicyclic) bond motifs is 3. The van der Waals surface area contributed by atoms with E-state index in [0.717, 1.165) is 39.1 Å². The van der Waals surface area contributed by atoms with Crippen LogP contribution in [0.3, 0.4) is 0 Å². The molecule has 0 saturated carbocycles. The van der Waals surface area contributed by atoms with Crippen LogP contribution in [0.25, 0.3) is 22.1 Å². The van der Waals surface area contributed by atoms with E-state index in [-0.39, 0.29) is 0 Å².